The molecule has 3 fully saturated rings. The van der Waals surface area contributed by atoms with Crippen LogP contribution in [0.15, 0.2) is 0 Å². The normalized spacial score (nSPS) is 36.3. The fourth-order valence-electron chi connectivity index (χ4n) is 4.14. The van der Waals surface area contributed by atoms with Gasteiger partial charge in [-0.15, -0.1) is 0 Å². The first-order valence-electron chi connectivity index (χ1n) is 7.95. The molecule has 1 aliphatic carbocycles. The summed E-state index contributed by atoms with van der Waals surface area (Å²) in [5, 5.41) is 0. The number of ether oxygens (including phenoxy) is 1. The van der Waals surface area contributed by atoms with Crippen molar-refractivity contribution in [2.24, 2.45) is 11.7 Å². The molecule has 1 saturated carbocycles. The molecule has 108 valence electrons. The Morgan fingerprint density at radius 2 is 1.89 bits per heavy atom. The summed E-state index contributed by atoms with van der Waals surface area (Å²) in [7, 11) is 0. The minimum Gasteiger partial charge on any atom is -0.364 e. The molecule has 0 radical (unpaired) electrons. The minimum atomic E-state index is -0.212. The lowest BCUT2D eigenvalue weighted by molar-refractivity contribution is -0.144. The van der Waals surface area contributed by atoms with Crippen molar-refractivity contribution in [2.45, 2.75) is 69.6 Å². The van der Waals surface area contributed by atoms with Crippen LogP contribution in [0.4, 0.5) is 0 Å². The minimum absolute atomic E-state index is 0.0986. The van der Waals surface area contributed by atoms with Gasteiger partial charge in [0.2, 0.25) is 0 Å². The van der Waals surface area contributed by atoms with Gasteiger partial charge in [0.1, 0.15) is 6.10 Å². The molecule has 0 aromatic rings. The number of hydrogen-bond acceptors (Lipinski definition) is 3. The molecule has 2 heterocycles. The van der Waals surface area contributed by atoms with E-state index in [0.29, 0.717) is 12.6 Å². The molecule has 19 heavy (non-hydrogen) atoms. The van der Waals surface area contributed by atoms with Crippen LogP contribution in [0.2, 0.25) is 0 Å². The maximum Gasteiger partial charge on any atom is 0.251 e. The van der Waals surface area contributed by atoms with Gasteiger partial charge in [0.25, 0.3) is 5.91 Å². The lowest BCUT2D eigenvalue weighted by Gasteiger charge is -2.31. The fraction of sp³-hybridized carbons (Fsp3) is 0.933. The number of rotatable bonds is 3. The maximum atomic E-state index is 12.6. The molecule has 0 spiro atoms. The molecule has 2 N–H and O–H groups in total. The van der Waals surface area contributed by atoms with Crippen molar-refractivity contribution in [2.75, 3.05) is 13.1 Å². The van der Waals surface area contributed by atoms with Gasteiger partial charge in [-0.25, -0.2) is 0 Å². The van der Waals surface area contributed by atoms with Gasteiger partial charge in [-0.1, -0.05) is 12.8 Å². The van der Waals surface area contributed by atoms with E-state index >= 15 is 0 Å². The molecule has 0 aromatic carbocycles. The molecule has 3 aliphatic rings. The van der Waals surface area contributed by atoms with Crippen LogP contribution in [-0.2, 0) is 9.53 Å². The van der Waals surface area contributed by atoms with E-state index in [0.717, 1.165) is 25.3 Å². The first-order valence-corrected chi connectivity index (χ1v) is 7.95. The summed E-state index contributed by atoms with van der Waals surface area (Å²) in [6, 6.07) is 0.496. The second-order valence-corrected chi connectivity index (χ2v) is 6.35. The van der Waals surface area contributed by atoms with Crippen molar-refractivity contribution in [1.82, 2.24) is 4.90 Å². The molecule has 0 aromatic heterocycles. The van der Waals surface area contributed by atoms with E-state index in [-0.39, 0.29) is 18.1 Å². The van der Waals surface area contributed by atoms with E-state index < -0.39 is 0 Å². The van der Waals surface area contributed by atoms with E-state index in [2.05, 4.69) is 4.90 Å². The predicted molar refractivity (Wildman–Crippen MR) is 73.6 cm³/mol. The summed E-state index contributed by atoms with van der Waals surface area (Å²) in [6.07, 6.45) is 9.36. The monoisotopic (exact) mass is 266 g/mol. The van der Waals surface area contributed by atoms with Crippen LogP contribution in [0.1, 0.15) is 51.4 Å². The second-order valence-electron chi connectivity index (χ2n) is 6.35. The molecule has 0 bridgehead atoms. The lowest BCUT2D eigenvalue weighted by atomic mass is 9.95. The van der Waals surface area contributed by atoms with Crippen molar-refractivity contribution in [1.29, 1.82) is 0 Å². The Morgan fingerprint density at radius 3 is 2.58 bits per heavy atom. The average molecular weight is 266 g/mol. The Balaban J connectivity index is 1.62. The van der Waals surface area contributed by atoms with Gasteiger partial charge in [0.05, 0.1) is 6.10 Å². The first kappa shape index (κ1) is 13.4. The van der Waals surface area contributed by atoms with Gasteiger partial charge >= 0.3 is 0 Å². The molecule has 4 heteroatoms. The quantitative estimate of drug-likeness (QED) is 0.845. The van der Waals surface area contributed by atoms with Gasteiger partial charge < -0.3 is 15.4 Å². The molecule has 2 saturated heterocycles. The maximum absolute atomic E-state index is 12.6. The van der Waals surface area contributed by atoms with Gasteiger partial charge in [-0.2, -0.15) is 0 Å². The number of carbonyl (C=O) groups is 1. The van der Waals surface area contributed by atoms with Crippen molar-refractivity contribution in [3.63, 3.8) is 0 Å². The highest BCUT2D eigenvalue weighted by molar-refractivity contribution is 5.81. The Labute approximate surface area is 115 Å². The van der Waals surface area contributed by atoms with Gasteiger partial charge in [0.15, 0.2) is 0 Å². The molecule has 1 amide bonds. The average Bonchev–Trinajstić information content (AvgIpc) is 3.16. The van der Waals surface area contributed by atoms with E-state index in [9.17, 15) is 4.79 Å². The highest BCUT2D eigenvalue weighted by Crippen LogP contribution is 2.36. The van der Waals surface area contributed by atoms with Crippen LogP contribution in [0.5, 0.6) is 0 Å². The molecule has 3 atom stereocenters. The Bertz CT molecular complexity index is 328. The third kappa shape index (κ3) is 2.65. The van der Waals surface area contributed by atoms with Crippen LogP contribution >= 0.6 is 0 Å². The van der Waals surface area contributed by atoms with Crippen LogP contribution in [0.3, 0.4) is 0 Å². The summed E-state index contributed by atoms with van der Waals surface area (Å²) in [5.41, 5.74) is 5.63. The summed E-state index contributed by atoms with van der Waals surface area (Å²) >= 11 is 0. The zero-order chi connectivity index (χ0) is 13.2. The molecule has 1 unspecified atom stereocenters. The van der Waals surface area contributed by atoms with Crippen LogP contribution in [0, 0.1) is 5.92 Å². The standard InChI is InChI=1S/C15H26N2O2/c16-10-12-7-8-14(19-12)15(18)17-9-3-6-13(17)11-4-1-2-5-11/h11-14H,1-10,16H2/t12-,13?,14+/m1/s1. The third-order valence-corrected chi connectivity index (χ3v) is 5.17. The zero-order valence-corrected chi connectivity index (χ0v) is 11.7. The largest absolute Gasteiger partial charge is 0.364 e. The molecule has 4 nitrogen and oxygen atoms in total. The summed E-state index contributed by atoms with van der Waals surface area (Å²) in [4.78, 5) is 14.8. The van der Waals surface area contributed by atoms with Crippen LogP contribution in [0.25, 0.3) is 0 Å². The molecular formula is C15H26N2O2. The summed E-state index contributed by atoms with van der Waals surface area (Å²) in [5.74, 6) is 0.989. The smallest absolute Gasteiger partial charge is 0.251 e. The SMILES string of the molecule is NC[C@H]1CC[C@@H](C(=O)N2CCCC2C2CCCC2)O1. The van der Waals surface area contributed by atoms with Crippen molar-refractivity contribution >= 4 is 5.91 Å². The molecule has 3 rings (SSSR count). The predicted octanol–water partition coefficient (Wildman–Crippen LogP) is 1.67. The van der Waals surface area contributed by atoms with Crippen LogP contribution in [-0.4, -0.2) is 42.1 Å². The highest BCUT2D eigenvalue weighted by Gasteiger charge is 2.40. The Morgan fingerprint density at radius 1 is 1.11 bits per heavy atom. The number of nitrogens with zero attached hydrogens (tertiary/aromatic N) is 1. The van der Waals surface area contributed by atoms with Crippen LogP contribution < -0.4 is 5.73 Å². The zero-order valence-electron chi connectivity index (χ0n) is 11.7. The Hall–Kier alpha value is -0.610. The van der Waals surface area contributed by atoms with Crippen molar-refractivity contribution in [3.8, 4) is 0 Å². The molecule has 2 aliphatic heterocycles. The van der Waals surface area contributed by atoms with Gasteiger partial charge in [0, 0.05) is 19.1 Å². The Kier molecular flexibility index (Phi) is 4.08. The van der Waals surface area contributed by atoms with E-state index in [1.807, 2.05) is 0 Å². The van der Waals surface area contributed by atoms with E-state index in [4.69, 9.17) is 10.5 Å². The summed E-state index contributed by atoms with van der Waals surface area (Å²) < 4.78 is 5.78. The lowest BCUT2D eigenvalue weighted by Crippen LogP contribution is -2.45. The van der Waals surface area contributed by atoms with Crippen molar-refractivity contribution in [3.05, 3.63) is 0 Å². The van der Waals surface area contributed by atoms with E-state index in [1.165, 1.54) is 38.5 Å². The molecular weight excluding hydrogens is 240 g/mol. The number of nitrogens with two attached hydrogens (primary N) is 1. The van der Waals surface area contributed by atoms with Crippen molar-refractivity contribution < 1.29 is 9.53 Å². The topological polar surface area (TPSA) is 55.6 Å². The number of hydrogen-bond donors (Lipinski definition) is 1. The fourth-order valence-corrected chi connectivity index (χ4v) is 4.14. The number of likely N-dealkylation sites (tertiary alicyclic amines) is 1. The third-order valence-electron chi connectivity index (χ3n) is 5.17. The second kappa shape index (κ2) is 5.80. The number of amides is 1. The van der Waals surface area contributed by atoms with Gasteiger partial charge in [-0.3, -0.25) is 4.79 Å². The highest BCUT2D eigenvalue weighted by atomic mass is 16.5. The first-order chi connectivity index (χ1) is 9.29. The summed E-state index contributed by atoms with van der Waals surface area (Å²) in [6.45, 7) is 1.48. The van der Waals surface area contributed by atoms with E-state index in [1.54, 1.807) is 0 Å². The number of carbonyl (C=O) groups excluding carboxylic acids is 1. The van der Waals surface area contributed by atoms with Gasteiger partial charge in [-0.05, 0) is 44.4 Å².